The molecule has 2 amide bonds. The number of amides is 2. The van der Waals surface area contributed by atoms with E-state index in [1.807, 2.05) is 6.92 Å². The van der Waals surface area contributed by atoms with Gasteiger partial charge >= 0.3 is 5.97 Å². The number of carbonyl (C=O) groups is 3. The van der Waals surface area contributed by atoms with Gasteiger partial charge in [0.2, 0.25) is 0 Å². The van der Waals surface area contributed by atoms with Crippen LogP contribution >= 0.6 is 15.9 Å². The molecule has 0 saturated heterocycles. The number of nitrogens with one attached hydrogen (secondary N) is 3. The molecule has 2 aromatic rings. The summed E-state index contributed by atoms with van der Waals surface area (Å²) in [6.07, 6.45) is 2.25. The van der Waals surface area contributed by atoms with E-state index in [2.05, 4.69) is 31.8 Å². The van der Waals surface area contributed by atoms with Gasteiger partial charge in [-0.05, 0) is 40.9 Å². The molecule has 0 bridgehead atoms. The Labute approximate surface area is 153 Å². The highest BCUT2D eigenvalue weighted by atomic mass is 79.9. The van der Waals surface area contributed by atoms with Crippen LogP contribution < -0.4 is 10.9 Å². The molecule has 134 valence electrons. The zero-order valence-electron chi connectivity index (χ0n) is 14.3. The van der Waals surface area contributed by atoms with Gasteiger partial charge in [-0.3, -0.25) is 20.4 Å². The second-order valence-corrected chi connectivity index (χ2v) is 6.30. The first-order chi connectivity index (χ1) is 11.8. The second-order valence-electron chi connectivity index (χ2n) is 5.39. The summed E-state index contributed by atoms with van der Waals surface area (Å²) in [5, 5.41) is 0. The predicted molar refractivity (Wildman–Crippen MR) is 94.3 cm³/mol. The van der Waals surface area contributed by atoms with Gasteiger partial charge in [0.05, 0.1) is 12.7 Å². The average molecular weight is 411 g/mol. The number of hydrazine groups is 1. The summed E-state index contributed by atoms with van der Waals surface area (Å²) in [6.45, 7) is 3.50. The molecule has 0 aliphatic rings. The smallest absolute Gasteiger partial charge is 0.339 e. The molecule has 0 unspecified atom stereocenters. The number of ether oxygens (including phenoxy) is 1. The molecule has 9 heteroatoms. The number of hydrogen-bond acceptors (Lipinski definition) is 4. The van der Waals surface area contributed by atoms with Crippen molar-refractivity contribution >= 4 is 33.7 Å². The van der Waals surface area contributed by atoms with Gasteiger partial charge in [-0.2, -0.15) is 0 Å². The summed E-state index contributed by atoms with van der Waals surface area (Å²) in [5.41, 5.74) is 6.69. The van der Waals surface area contributed by atoms with Gasteiger partial charge < -0.3 is 14.3 Å². The van der Waals surface area contributed by atoms with Crippen LogP contribution in [0.15, 0.2) is 16.7 Å². The van der Waals surface area contributed by atoms with E-state index < -0.39 is 17.8 Å². The third kappa shape index (κ3) is 3.76. The minimum Gasteiger partial charge on any atom is -0.465 e. The fourth-order valence-corrected chi connectivity index (χ4v) is 3.04. The lowest BCUT2D eigenvalue weighted by Crippen LogP contribution is -2.42. The maximum atomic E-state index is 12.4. The summed E-state index contributed by atoms with van der Waals surface area (Å²) in [5.74, 6) is -1.53. The normalized spacial score (nSPS) is 10.4. The molecule has 0 aromatic carbocycles. The standard InChI is InChI=1S/C16H19BrN4O4/c1-5-10-12(16(24)25-4)8(2)13(18-10)15(23)20-19-14(22)11-6-9(17)7-21(11)3/h6-7,18H,5H2,1-4H3,(H,19,22)(H,20,23). The van der Waals surface area contributed by atoms with Gasteiger partial charge in [0.15, 0.2) is 0 Å². The quantitative estimate of drug-likeness (QED) is 0.528. The molecule has 0 radical (unpaired) electrons. The van der Waals surface area contributed by atoms with Crippen LogP contribution in [0.4, 0.5) is 0 Å². The number of hydrogen-bond donors (Lipinski definition) is 3. The fraction of sp³-hybridized carbons (Fsp3) is 0.312. The Morgan fingerprint density at radius 1 is 1.28 bits per heavy atom. The number of esters is 1. The van der Waals surface area contributed by atoms with Gasteiger partial charge in [0.1, 0.15) is 11.4 Å². The average Bonchev–Trinajstić information content (AvgIpc) is 3.10. The molecule has 0 atom stereocenters. The Balaban J connectivity index is 2.16. The minimum atomic E-state index is -0.552. The first-order valence-corrected chi connectivity index (χ1v) is 8.31. The van der Waals surface area contributed by atoms with Crippen LogP contribution in [-0.2, 0) is 18.2 Å². The van der Waals surface area contributed by atoms with Gasteiger partial charge in [0, 0.05) is 23.4 Å². The van der Waals surface area contributed by atoms with E-state index >= 15 is 0 Å². The Hall–Kier alpha value is -2.55. The molecular weight excluding hydrogens is 392 g/mol. The molecule has 0 fully saturated rings. The van der Waals surface area contributed by atoms with Crippen LogP contribution in [0.3, 0.4) is 0 Å². The lowest BCUT2D eigenvalue weighted by atomic mass is 10.1. The summed E-state index contributed by atoms with van der Waals surface area (Å²) >= 11 is 3.28. The van der Waals surface area contributed by atoms with Crippen LogP contribution in [0.5, 0.6) is 0 Å². The van der Waals surface area contributed by atoms with Crippen molar-refractivity contribution in [1.29, 1.82) is 0 Å². The number of aromatic amines is 1. The van der Waals surface area contributed by atoms with E-state index in [-0.39, 0.29) is 5.69 Å². The van der Waals surface area contributed by atoms with Crippen molar-refractivity contribution in [3.8, 4) is 0 Å². The summed E-state index contributed by atoms with van der Waals surface area (Å²) in [6, 6.07) is 1.63. The molecule has 8 nitrogen and oxygen atoms in total. The van der Waals surface area contributed by atoms with Gasteiger partial charge in [-0.15, -0.1) is 0 Å². The minimum absolute atomic E-state index is 0.200. The van der Waals surface area contributed by atoms with Crippen molar-refractivity contribution in [1.82, 2.24) is 20.4 Å². The number of carbonyl (C=O) groups excluding carboxylic acids is 3. The third-order valence-electron chi connectivity index (χ3n) is 3.79. The number of H-pyrrole nitrogens is 1. The SMILES string of the molecule is CCc1[nH]c(C(=O)NNC(=O)c2cc(Br)cn2C)c(C)c1C(=O)OC. The Kier molecular flexibility index (Phi) is 5.68. The molecule has 0 saturated carbocycles. The number of rotatable bonds is 4. The number of nitrogens with zero attached hydrogens (tertiary/aromatic N) is 1. The first kappa shape index (κ1) is 18.8. The van der Waals surface area contributed by atoms with Crippen LogP contribution in [0.2, 0.25) is 0 Å². The highest BCUT2D eigenvalue weighted by Gasteiger charge is 2.24. The van der Waals surface area contributed by atoms with Crippen molar-refractivity contribution in [2.75, 3.05) is 7.11 Å². The first-order valence-electron chi connectivity index (χ1n) is 7.52. The van der Waals surface area contributed by atoms with E-state index in [1.165, 1.54) is 7.11 Å². The number of aryl methyl sites for hydroxylation is 2. The Bertz CT molecular complexity index is 838. The number of aromatic nitrogens is 2. The van der Waals surface area contributed by atoms with Crippen molar-refractivity contribution in [3.05, 3.63) is 44.9 Å². The maximum absolute atomic E-state index is 12.4. The van der Waals surface area contributed by atoms with Crippen molar-refractivity contribution in [2.24, 2.45) is 7.05 Å². The van der Waals surface area contributed by atoms with Crippen molar-refractivity contribution in [3.63, 3.8) is 0 Å². The van der Waals surface area contributed by atoms with Gasteiger partial charge in [-0.1, -0.05) is 6.92 Å². The van der Waals surface area contributed by atoms with E-state index in [0.29, 0.717) is 28.9 Å². The third-order valence-corrected chi connectivity index (χ3v) is 4.23. The second kappa shape index (κ2) is 7.56. The zero-order valence-corrected chi connectivity index (χ0v) is 15.9. The summed E-state index contributed by atoms with van der Waals surface area (Å²) < 4.78 is 7.13. The van der Waals surface area contributed by atoms with Crippen LogP contribution in [0, 0.1) is 6.92 Å². The molecule has 2 heterocycles. The Morgan fingerprint density at radius 2 is 1.92 bits per heavy atom. The number of halogens is 1. The fourth-order valence-electron chi connectivity index (χ4n) is 2.52. The largest absolute Gasteiger partial charge is 0.465 e. The molecule has 2 rings (SSSR count). The van der Waals surface area contributed by atoms with Gasteiger partial charge in [-0.25, -0.2) is 4.79 Å². The monoisotopic (exact) mass is 410 g/mol. The molecule has 0 aliphatic carbocycles. The van der Waals surface area contributed by atoms with Crippen LogP contribution in [0.25, 0.3) is 0 Å². The van der Waals surface area contributed by atoms with Crippen molar-refractivity contribution < 1.29 is 19.1 Å². The lowest BCUT2D eigenvalue weighted by molar-refractivity contribution is 0.0598. The molecule has 0 spiro atoms. The van der Waals surface area contributed by atoms with Gasteiger partial charge in [0.25, 0.3) is 11.8 Å². The van der Waals surface area contributed by atoms with E-state index in [1.54, 1.807) is 30.8 Å². The number of methoxy groups -OCH3 is 1. The zero-order chi connectivity index (χ0) is 18.7. The highest BCUT2D eigenvalue weighted by molar-refractivity contribution is 9.10. The van der Waals surface area contributed by atoms with E-state index in [4.69, 9.17) is 4.74 Å². The molecule has 0 aliphatic heterocycles. The maximum Gasteiger partial charge on any atom is 0.339 e. The molecule has 25 heavy (non-hydrogen) atoms. The van der Waals surface area contributed by atoms with Crippen LogP contribution in [-0.4, -0.2) is 34.4 Å². The highest BCUT2D eigenvalue weighted by Crippen LogP contribution is 2.20. The van der Waals surface area contributed by atoms with E-state index in [9.17, 15) is 14.4 Å². The molecule has 3 N–H and O–H groups in total. The topological polar surface area (TPSA) is 105 Å². The molecule has 2 aromatic heterocycles. The van der Waals surface area contributed by atoms with Crippen LogP contribution in [0.1, 0.15) is 49.5 Å². The Morgan fingerprint density at radius 3 is 2.44 bits per heavy atom. The van der Waals surface area contributed by atoms with Crippen molar-refractivity contribution in [2.45, 2.75) is 20.3 Å². The van der Waals surface area contributed by atoms with E-state index in [0.717, 1.165) is 4.47 Å². The summed E-state index contributed by atoms with van der Waals surface area (Å²) in [7, 11) is 3.00. The molecular formula is C16H19BrN4O4. The summed E-state index contributed by atoms with van der Waals surface area (Å²) in [4.78, 5) is 39.3. The lowest BCUT2D eigenvalue weighted by Gasteiger charge is -2.07. The predicted octanol–water partition coefficient (Wildman–Crippen LogP) is 1.85.